The van der Waals surface area contributed by atoms with Crippen molar-refractivity contribution in [2.75, 3.05) is 7.05 Å². The lowest BCUT2D eigenvalue weighted by atomic mass is 10.5. The summed E-state index contributed by atoms with van der Waals surface area (Å²) in [6, 6.07) is 0. The molecule has 84 valence electrons. The largest absolute Gasteiger partial charge is 0.352 e. The molecule has 0 aliphatic carbocycles. The van der Waals surface area contributed by atoms with Crippen LogP contribution in [0.5, 0.6) is 0 Å². The molecule has 3 N–H and O–H groups in total. The zero-order valence-corrected chi connectivity index (χ0v) is 9.24. The van der Waals surface area contributed by atoms with Gasteiger partial charge in [0, 0.05) is 19.0 Å². The summed E-state index contributed by atoms with van der Waals surface area (Å²) in [5.41, 5.74) is 5.97. The van der Waals surface area contributed by atoms with Gasteiger partial charge in [0.15, 0.2) is 0 Å². The summed E-state index contributed by atoms with van der Waals surface area (Å²) in [6.07, 6.45) is 0. The summed E-state index contributed by atoms with van der Waals surface area (Å²) < 4.78 is 4.91. The van der Waals surface area contributed by atoms with Crippen LogP contribution in [0.3, 0.4) is 0 Å². The highest BCUT2D eigenvalue weighted by molar-refractivity contribution is 7.09. The number of nitrogens with zero attached hydrogens (tertiary/aromatic N) is 3. The van der Waals surface area contributed by atoms with Crippen molar-refractivity contribution in [3.63, 3.8) is 0 Å². The molecule has 0 aliphatic rings. The Morgan fingerprint density at radius 1 is 1.62 bits per heavy atom. The van der Waals surface area contributed by atoms with E-state index in [1.807, 2.05) is 0 Å². The number of carbonyl (C=O) groups excluding carboxylic acids is 1. The first-order chi connectivity index (χ1) is 7.74. The molecule has 0 radical (unpaired) electrons. The van der Waals surface area contributed by atoms with Gasteiger partial charge in [-0.1, -0.05) is 5.16 Å². The molecular weight excluding hydrogens is 230 g/mol. The highest BCUT2D eigenvalue weighted by Crippen LogP contribution is 2.19. The van der Waals surface area contributed by atoms with Crippen LogP contribution in [0.1, 0.15) is 15.6 Å². The van der Waals surface area contributed by atoms with E-state index in [2.05, 4.69) is 20.4 Å². The minimum atomic E-state index is -0.399. The number of hydrogen-bond acceptors (Lipinski definition) is 7. The van der Waals surface area contributed by atoms with Gasteiger partial charge in [0.2, 0.25) is 0 Å². The van der Waals surface area contributed by atoms with Gasteiger partial charge >= 0.3 is 0 Å². The predicted octanol–water partition coefficient (Wildman–Crippen LogP) is 0.0114. The van der Waals surface area contributed by atoms with E-state index in [0.29, 0.717) is 12.2 Å². The van der Waals surface area contributed by atoms with Gasteiger partial charge in [-0.2, -0.15) is 4.98 Å². The van der Waals surface area contributed by atoms with Gasteiger partial charge < -0.3 is 15.6 Å². The average molecular weight is 239 g/mol. The van der Waals surface area contributed by atoms with E-state index >= 15 is 0 Å². The molecule has 0 atom stereocenters. The molecule has 7 nitrogen and oxygen atoms in total. The third-order valence-corrected chi connectivity index (χ3v) is 2.67. The molecule has 2 rings (SSSR count). The number of nitrogens with one attached hydrogen (secondary N) is 1. The highest BCUT2D eigenvalue weighted by atomic mass is 32.1. The Hall–Kier alpha value is -1.80. The minimum absolute atomic E-state index is 0.0141. The van der Waals surface area contributed by atoms with E-state index in [-0.39, 0.29) is 11.7 Å². The fourth-order valence-electron chi connectivity index (χ4n) is 1.03. The van der Waals surface area contributed by atoms with Crippen LogP contribution in [0.2, 0.25) is 0 Å². The zero-order valence-electron chi connectivity index (χ0n) is 8.43. The molecule has 0 aliphatic heterocycles. The molecular formula is C8H9N5O2S. The lowest BCUT2D eigenvalue weighted by molar-refractivity contribution is 0.0950. The number of aromatic nitrogens is 3. The van der Waals surface area contributed by atoms with Crippen LogP contribution in [-0.2, 0) is 6.54 Å². The first-order valence-electron chi connectivity index (χ1n) is 4.45. The summed E-state index contributed by atoms with van der Waals surface area (Å²) in [5.74, 6) is -0.196. The molecule has 2 aromatic rings. The van der Waals surface area contributed by atoms with Crippen molar-refractivity contribution in [1.29, 1.82) is 0 Å². The van der Waals surface area contributed by atoms with Crippen molar-refractivity contribution in [3.05, 3.63) is 16.2 Å². The van der Waals surface area contributed by atoms with Gasteiger partial charge in [0.25, 0.3) is 17.6 Å². The van der Waals surface area contributed by atoms with Crippen LogP contribution in [0.15, 0.2) is 9.90 Å². The predicted molar refractivity (Wildman–Crippen MR) is 56.7 cm³/mol. The Balaban J connectivity index is 2.27. The molecule has 0 spiro atoms. The Morgan fingerprint density at radius 3 is 3.06 bits per heavy atom. The number of thiazole rings is 1. The third kappa shape index (κ3) is 1.92. The topological polar surface area (TPSA) is 107 Å². The molecule has 1 amide bonds. The summed E-state index contributed by atoms with van der Waals surface area (Å²) in [5, 5.41) is 8.46. The van der Waals surface area contributed by atoms with E-state index in [4.69, 9.17) is 10.3 Å². The number of carbonyl (C=O) groups is 1. The fourth-order valence-corrected chi connectivity index (χ4v) is 1.68. The van der Waals surface area contributed by atoms with Crippen LogP contribution in [0, 0.1) is 0 Å². The molecule has 0 bridgehead atoms. The van der Waals surface area contributed by atoms with Crippen LogP contribution in [-0.4, -0.2) is 28.1 Å². The van der Waals surface area contributed by atoms with Crippen molar-refractivity contribution < 1.29 is 9.32 Å². The SMILES string of the molecule is CNC(=O)c1noc(-c2csc(CN)n2)n1. The quantitative estimate of drug-likeness (QED) is 0.781. The standard InChI is InChI=1S/C8H9N5O2S/c1-10-7(14)6-12-8(15-13-6)4-3-16-5(2-9)11-4/h3H,2,9H2,1H3,(H,10,14). The fraction of sp³-hybridized carbons (Fsp3) is 0.250. The van der Waals surface area contributed by atoms with Crippen LogP contribution >= 0.6 is 11.3 Å². The van der Waals surface area contributed by atoms with Crippen molar-refractivity contribution in [2.45, 2.75) is 6.54 Å². The molecule has 8 heteroatoms. The van der Waals surface area contributed by atoms with Gasteiger partial charge in [-0.25, -0.2) is 4.98 Å². The van der Waals surface area contributed by atoms with Crippen LogP contribution in [0.25, 0.3) is 11.6 Å². The van der Waals surface area contributed by atoms with E-state index in [1.165, 1.54) is 18.4 Å². The molecule has 2 heterocycles. The van der Waals surface area contributed by atoms with Crippen LogP contribution < -0.4 is 11.1 Å². The molecule has 0 fully saturated rings. The Labute approximate surface area is 94.7 Å². The summed E-state index contributed by atoms with van der Waals surface area (Å²) in [7, 11) is 1.49. The average Bonchev–Trinajstić information content (AvgIpc) is 2.95. The normalized spacial score (nSPS) is 10.4. The molecule has 0 saturated carbocycles. The van der Waals surface area contributed by atoms with Gasteiger partial charge in [-0.3, -0.25) is 4.79 Å². The third-order valence-electron chi connectivity index (χ3n) is 1.80. The summed E-state index contributed by atoms with van der Waals surface area (Å²) in [4.78, 5) is 19.3. The van der Waals surface area contributed by atoms with E-state index in [1.54, 1.807) is 5.38 Å². The van der Waals surface area contributed by atoms with E-state index in [0.717, 1.165) is 5.01 Å². The van der Waals surface area contributed by atoms with Gasteiger partial charge in [-0.15, -0.1) is 11.3 Å². The van der Waals surface area contributed by atoms with E-state index < -0.39 is 5.91 Å². The number of rotatable bonds is 3. The second-order valence-electron chi connectivity index (χ2n) is 2.83. The minimum Gasteiger partial charge on any atom is -0.352 e. The summed E-state index contributed by atoms with van der Waals surface area (Å²) in [6.45, 7) is 0.362. The maximum absolute atomic E-state index is 11.2. The number of hydrogen-bond donors (Lipinski definition) is 2. The van der Waals surface area contributed by atoms with Crippen molar-refractivity contribution in [1.82, 2.24) is 20.4 Å². The molecule has 16 heavy (non-hydrogen) atoms. The monoisotopic (exact) mass is 239 g/mol. The van der Waals surface area contributed by atoms with E-state index in [9.17, 15) is 4.79 Å². The van der Waals surface area contributed by atoms with Crippen LogP contribution in [0.4, 0.5) is 0 Å². The molecule has 0 aromatic carbocycles. The van der Waals surface area contributed by atoms with Crippen molar-refractivity contribution >= 4 is 17.2 Å². The maximum Gasteiger partial charge on any atom is 0.292 e. The Morgan fingerprint density at radius 2 is 2.44 bits per heavy atom. The molecule has 0 saturated heterocycles. The lowest BCUT2D eigenvalue weighted by Crippen LogP contribution is -2.19. The van der Waals surface area contributed by atoms with Gasteiger partial charge in [0.1, 0.15) is 10.7 Å². The second-order valence-corrected chi connectivity index (χ2v) is 3.78. The van der Waals surface area contributed by atoms with Gasteiger partial charge in [-0.05, 0) is 0 Å². The Bertz CT molecular complexity index is 506. The molecule has 2 aromatic heterocycles. The second kappa shape index (κ2) is 4.37. The first-order valence-corrected chi connectivity index (χ1v) is 5.33. The number of amides is 1. The van der Waals surface area contributed by atoms with Crippen molar-refractivity contribution in [3.8, 4) is 11.6 Å². The highest BCUT2D eigenvalue weighted by Gasteiger charge is 2.16. The maximum atomic E-state index is 11.2. The smallest absolute Gasteiger partial charge is 0.292 e. The lowest BCUT2D eigenvalue weighted by Gasteiger charge is -1.87. The molecule has 0 unspecified atom stereocenters. The van der Waals surface area contributed by atoms with Gasteiger partial charge in [0.05, 0.1) is 0 Å². The van der Waals surface area contributed by atoms with Crippen molar-refractivity contribution in [2.24, 2.45) is 5.73 Å². The summed E-state index contributed by atoms with van der Waals surface area (Å²) >= 11 is 1.40. The Kier molecular flexibility index (Phi) is 2.93. The first kappa shape index (κ1) is 10.7. The number of nitrogens with two attached hydrogens (primary N) is 1. The zero-order chi connectivity index (χ0) is 11.5.